The predicted octanol–water partition coefficient (Wildman–Crippen LogP) is 2.20. The largest absolute Gasteiger partial charge is 0.342 e. The lowest BCUT2D eigenvalue weighted by Crippen LogP contribution is -2.29. The Bertz CT molecular complexity index is 662. The molecule has 0 spiro atoms. The van der Waals surface area contributed by atoms with E-state index in [0.717, 1.165) is 43.1 Å². The summed E-state index contributed by atoms with van der Waals surface area (Å²) in [5.74, 6) is 1.74. The number of pyridine rings is 1. The quantitative estimate of drug-likeness (QED) is 0.943. The zero-order valence-electron chi connectivity index (χ0n) is 13.0. The minimum atomic E-state index is -0.173. The van der Waals surface area contributed by atoms with Gasteiger partial charge in [0.15, 0.2) is 5.82 Å². The number of aryl methyl sites for hydroxylation is 2. The van der Waals surface area contributed by atoms with E-state index in [2.05, 4.69) is 25.1 Å². The lowest BCUT2D eigenvalue weighted by atomic mass is 10.2. The number of carbonyl (C=O) groups excluding carboxylic acids is 1. The van der Waals surface area contributed by atoms with Crippen molar-refractivity contribution in [2.75, 3.05) is 0 Å². The van der Waals surface area contributed by atoms with Crippen LogP contribution in [0.2, 0.25) is 0 Å². The standard InChI is InChI=1S/C16H21N5O/c1-11-7-8-13(10-17-11)16(22)18-12(2)15-20-19-14-6-4-3-5-9-21(14)15/h7-8,10,12H,3-6,9H2,1-2H3,(H,18,22)/t12-/m0/s1. The van der Waals surface area contributed by atoms with E-state index in [1.165, 1.54) is 6.42 Å². The Hall–Kier alpha value is -2.24. The molecule has 6 nitrogen and oxygen atoms in total. The summed E-state index contributed by atoms with van der Waals surface area (Å²) in [6.45, 7) is 4.78. The average Bonchev–Trinajstić information content (AvgIpc) is 2.77. The Morgan fingerprint density at radius 3 is 2.91 bits per heavy atom. The van der Waals surface area contributed by atoms with E-state index >= 15 is 0 Å². The molecule has 3 rings (SSSR count). The summed E-state index contributed by atoms with van der Waals surface area (Å²) >= 11 is 0. The Morgan fingerprint density at radius 2 is 2.14 bits per heavy atom. The molecule has 1 N–H and O–H groups in total. The maximum Gasteiger partial charge on any atom is 0.253 e. The van der Waals surface area contributed by atoms with Gasteiger partial charge in [-0.25, -0.2) is 0 Å². The van der Waals surface area contributed by atoms with Crippen LogP contribution in [0, 0.1) is 6.92 Å². The summed E-state index contributed by atoms with van der Waals surface area (Å²) in [6, 6.07) is 3.45. The van der Waals surface area contributed by atoms with Gasteiger partial charge in [0.1, 0.15) is 5.82 Å². The second-order valence-electron chi connectivity index (χ2n) is 5.82. The fraction of sp³-hybridized carbons (Fsp3) is 0.500. The van der Waals surface area contributed by atoms with E-state index in [1.807, 2.05) is 19.9 Å². The van der Waals surface area contributed by atoms with E-state index in [1.54, 1.807) is 12.3 Å². The van der Waals surface area contributed by atoms with Crippen LogP contribution in [0.15, 0.2) is 18.3 Å². The fourth-order valence-electron chi connectivity index (χ4n) is 2.77. The van der Waals surface area contributed by atoms with Crippen LogP contribution < -0.4 is 5.32 Å². The van der Waals surface area contributed by atoms with Crippen LogP contribution in [0.1, 0.15) is 59.9 Å². The van der Waals surface area contributed by atoms with Crippen molar-refractivity contribution in [3.63, 3.8) is 0 Å². The second kappa shape index (κ2) is 6.25. The number of aromatic nitrogens is 4. The molecule has 2 aromatic heterocycles. The van der Waals surface area contributed by atoms with Gasteiger partial charge in [0, 0.05) is 24.9 Å². The van der Waals surface area contributed by atoms with Crippen molar-refractivity contribution in [3.05, 3.63) is 41.2 Å². The highest BCUT2D eigenvalue weighted by molar-refractivity contribution is 5.94. The summed E-state index contributed by atoms with van der Waals surface area (Å²) in [5.41, 5.74) is 1.46. The molecule has 1 amide bonds. The number of hydrogen-bond donors (Lipinski definition) is 1. The third kappa shape index (κ3) is 3.00. The first kappa shape index (κ1) is 14.7. The molecular formula is C16H21N5O. The Balaban J connectivity index is 1.74. The second-order valence-corrected chi connectivity index (χ2v) is 5.82. The van der Waals surface area contributed by atoms with Crippen LogP contribution in [0.5, 0.6) is 0 Å². The van der Waals surface area contributed by atoms with Gasteiger partial charge in [0.05, 0.1) is 11.6 Å². The third-order valence-corrected chi connectivity index (χ3v) is 4.05. The van der Waals surface area contributed by atoms with Gasteiger partial charge in [-0.05, 0) is 38.8 Å². The highest BCUT2D eigenvalue weighted by Gasteiger charge is 2.21. The highest BCUT2D eigenvalue weighted by atomic mass is 16.1. The molecule has 22 heavy (non-hydrogen) atoms. The molecule has 0 radical (unpaired) electrons. The van der Waals surface area contributed by atoms with Crippen LogP contribution in [-0.4, -0.2) is 25.7 Å². The first-order valence-corrected chi connectivity index (χ1v) is 7.80. The Kier molecular flexibility index (Phi) is 4.18. The predicted molar refractivity (Wildman–Crippen MR) is 82.4 cm³/mol. The first-order chi connectivity index (χ1) is 10.6. The van der Waals surface area contributed by atoms with Crippen molar-refractivity contribution in [2.24, 2.45) is 0 Å². The Morgan fingerprint density at radius 1 is 1.27 bits per heavy atom. The molecular weight excluding hydrogens is 278 g/mol. The molecule has 1 atom stereocenters. The van der Waals surface area contributed by atoms with Crippen molar-refractivity contribution in [1.29, 1.82) is 0 Å². The lowest BCUT2D eigenvalue weighted by Gasteiger charge is -2.15. The molecule has 0 saturated carbocycles. The first-order valence-electron chi connectivity index (χ1n) is 7.80. The summed E-state index contributed by atoms with van der Waals surface area (Å²) in [5, 5.41) is 11.5. The van der Waals surface area contributed by atoms with Gasteiger partial charge in [-0.2, -0.15) is 0 Å². The number of nitrogens with one attached hydrogen (secondary N) is 1. The number of fused-ring (bicyclic) bond motifs is 1. The molecule has 1 aliphatic rings. The molecule has 6 heteroatoms. The number of rotatable bonds is 3. The molecule has 0 unspecified atom stereocenters. The summed E-state index contributed by atoms with van der Waals surface area (Å²) < 4.78 is 2.16. The van der Waals surface area contributed by atoms with Crippen LogP contribution in [0.4, 0.5) is 0 Å². The zero-order chi connectivity index (χ0) is 15.5. The zero-order valence-corrected chi connectivity index (χ0v) is 13.0. The van der Waals surface area contributed by atoms with E-state index in [0.29, 0.717) is 5.56 Å². The van der Waals surface area contributed by atoms with Gasteiger partial charge in [0.2, 0.25) is 0 Å². The maximum atomic E-state index is 12.3. The van der Waals surface area contributed by atoms with Crippen LogP contribution in [-0.2, 0) is 13.0 Å². The minimum Gasteiger partial charge on any atom is -0.342 e. The molecule has 116 valence electrons. The van der Waals surface area contributed by atoms with E-state index in [4.69, 9.17) is 0 Å². The van der Waals surface area contributed by atoms with E-state index < -0.39 is 0 Å². The van der Waals surface area contributed by atoms with Crippen LogP contribution in [0.25, 0.3) is 0 Å². The average molecular weight is 299 g/mol. The van der Waals surface area contributed by atoms with Gasteiger partial charge in [-0.15, -0.1) is 10.2 Å². The molecule has 0 aliphatic carbocycles. The van der Waals surface area contributed by atoms with Crippen LogP contribution >= 0.6 is 0 Å². The van der Waals surface area contributed by atoms with E-state index in [9.17, 15) is 4.79 Å². The molecule has 0 fully saturated rings. The van der Waals surface area contributed by atoms with Gasteiger partial charge in [0.25, 0.3) is 5.91 Å². The normalized spacial score (nSPS) is 15.7. The van der Waals surface area contributed by atoms with Gasteiger partial charge < -0.3 is 9.88 Å². The smallest absolute Gasteiger partial charge is 0.253 e. The summed E-state index contributed by atoms with van der Waals surface area (Å²) in [7, 11) is 0. The molecule has 0 aromatic carbocycles. The topological polar surface area (TPSA) is 72.7 Å². The molecule has 3 heterocycles. The van der Waals surface area contributed by atoms with Gasteiger partial charge in [-0.3, -0.25) is 9.78 Å². The lowest BCUT2D eigenvalue weighted by molar-refractivity contribution is 0.0937. The fourth-order valence-corrected chi connectivity index (χ4v) is 2.77. The number of nitrogens with zero attached hydrogens (tertiary/aromatic N) is 4. The molecule has 0 bridgehead atoms. The van der Waals surface area contributed by atoms with Gasteiger partial charge in [-0.1, -0.05) is 6.42 Å². The highest BCUT2D eigenvalue weighted by Crippen LogP contribution is 2.18. The number of hydrogen-bond acceptors (Lipinski definition) is 4. The third-order valence-electron chi connectivity index (χ3n) is 4.05. The maximum absolute atomic E-state index is 12.3. The monoisotopic (exact) mass is 299 g/mol. The van der Waals surface area contributed by atoms with Gasteiger partial charge >= 0.3 is 0 Å². The SMILES string of the molecule is Cc1ccc(C(=O)N[C@@H](C)c2nnc3n2CCCCC3)cn1. The Labute approximate surface area is 130 Å². The van der Waals surface area contributed by atoms with Crippen molar-refractivity contribution < 1.29 is 4.79 Å². The number of carbonyl (C=O) groups is 1. The minimum absolute atomic E-state index is 0.133. The van der Waals surface area contributed by atoms with E-state index in [-0.39, 0.29) is 11.9 Å². The van der Waals surface area contributed by atoms with Crippen molar-refractivity contribution in [3.8, 4) is 0 Å². The van der Waals surface area contributed by atoms with Crippen LogP contribution in [0.3, 0.4) is 0 Å². The van der Waals surface area contributed by atoms with Crippen molar-refractivity contribution >= 4 is 5.91 Å². The molecule has 1 aliphatic heterocycles. The number of amides is 1. The van der Waals surface area contributed by atoms with Crippen molar-refractivity contribution in [2.45, 2.75) is 52.1 Å². The summed E-state index contributed by atoms with van der Waals surface area (Å²) in [4.78, 5) is 16.4. The molecule has 2 aromatic rings. The molecule has 0 saturated heterocycles. The van der Waals surface area contributed by atoms with Crippen molar-refractivity contribution in [1.82, 2.24) is 25.1 Å². The summed E-state index contributed by atoms with van der Waals surface area (Å²) in [6.07, 6.45) is 6.09.